The molecule has 0 atom stereocenters. The van der Waals surface area contributed by atoms with Gasteiger partial charge in [-0.25, -0.2) is 4.98 Å². The van der Waals surface area contributed by atoms with Crippen molar-refractivity contribution in [2.45, 2.75) is 0 Å². The standard InChI is InChI=1S/C51H32N2O2/c1-4-12-33(13-5-1)38-30-44(49-45(31-38)42-18-10-11-19-47(42)54-49)35-22-26-40(27-23-35)53(39-16-8-3-9-17-39)41-28-24-34-20-21-36-25-29-46-50(48(36)43(34)32-41)55-51(52-46)37-14-6-2-7-15-37/h1-32H. The first-order valence-electron chi connectivity index (χ1n) is 18.5. The fourth-order valence-electron chi connectivity index (χ4n) is 8.01. The molecule has 0 saturated heterocycles. The zero-order valence-corrected chi connectivity index (χ0v) is 29.7. The molecule has 2 heterocycles. The Kier molecular flexibility index (Phi) is 7.14. The van der Waals surface area contributed by atoms with Crippen molar-refractivity contribution in [3.05, 3.63) is 194 Å². The van der Waals surface area contributed by atoms with E-state index in [-0.39, 0.29) is 0 Å². The van der Waals surface area contributed by atoms with E-state index in [1.165, 1.54) is 5.56 Å². The van der Waals surface area contributed by atoms with Crippen LogP contribution in [0.15, 0.2) is 203 Å². The van der Waals surface area contributed by atoms with Gasteiger partial charge in [-0.2, -0.15) is 0 Å². The fourth-order valence-corrected chi connectivity index (χ4v) is 8.01. The van der Waals surface area contributed by atoms with Gasteiger partial charge >= 0.3 is 0 Å². The van der Waals surface area contributed by atoms with Gasteiger partial charge in [-0.1, -0.05) is 121 Å². The van der Waals surface area contributed by atoms with Crippen LogP contribution in [0.25, 0.3) is 88.3 Å². The van der Waals surface area contributed by atoms with E-state index in [0.717, 1.165) is 93.9 Å². The van der Waals surface area contributed by atoms with E-state index in [2.05, 4.69) is 157 Å². The monoisotopic (exact) mass is 704 g/mol. The minimum Gasteiger partial charge on any atom is -0.455 e. The second kappa shape index (κ2) is 12.6. The number of aromatic nitrogens is 1. The fraction of sp³-hybridized carbons (Fsp3) is 0. The molecule has 11 rings (SSSR count). The van der Waals surface area contributed by atoms with E-state index in [9.17, 15) is 0 Å². The van der Waals surface area contributed by atoms with Crippen LogP contribution >= 0.6 is 0 Å². The molecule has 0 fully saturated rings. The lowest BCUT2D eigenvalue weighted by molar-refractivity contribution is 0.623. The highest BCUT2D eigenvalue weighted by Gasteiger charge is 2.19. The number of benzene rings is 9. The van der Waals surface area contributed by atoms with Gasteiger partial charge in [-0.3, -0.25) is 0 Å². The van der Waals surface area contributed by atoms with Crippen molar-refractivity contribution in [1.29, 1.82) is 0 Å². The number of rotatable bonds is 6. The molecule has 0 bridgehead atoms. The molecular formula is C51H32N2O2. The predicted octanol–water partition coefficient (Wildman–Crippen LogP) is 14.5. The summed E-state index contributed by atoms with van der Waals surface area (Å²) in [5, 5.41) is 6.64. The largest absolute Gasteiger partial charge is 0.455 e. The highest BCUT2D eigenvalue weighted by Crippen LogP contribution is 2.43. The summed E-state index contributed by atoms with van der Waals surface area (Å²) in [6.45, 7) is 0. The number of hydrogen-bond acceptors (Lipinski definition) is 4. The van der Waals surface area contributed by atoms with Crippen LogP contribution < -0.4 is 4.90 Å². The van der Waals surface area contributed by atoms with E-state index in [1.54, 1.807) is 0 Å². The van der Waals surface area contributed by atoms with E-state index in [1.807, 2.05) is 42.5 Å². The number of fused-ring (bicyclic) bond motifs is 8. The van der Waals surface area contributed by atoms with Gasteiger partial charge in [0.15, 0.2) is 5.58 Å². The first kappa shape index (κ1) is 31.1. The van der Waals surface area contributed by atoms with E-state index in [4.69, 9.17) is 13.8 Å². The highest BCUT2D eigenvalue weighted by atomic mass is 16.3. The second-order valence-corrected chi connectivity index (χ2v) is 14.0. The van der Waals surface area contributed by atoms with Crippen molar-refractivity contribution < 1.29 is 8.83 Å². The Labute approximate surface area is 317 Å². The summed E-state index contributed by atoms with van der Waals surface area (Å²) in [7, 11) is 0. The normalized spacial score (nSPS) is 11.6. The van der Waals surface area contributed by atoms with Gasteiger partial charge < -0.3 is 13.7 Å². The zero-order valence-electron chi connectivity index (χ0n) is 29.7. The summed E-state index contributed by atoms with van der Waals surface area (Å²) in [6, 6.07) is 68.1. The van der Waals surface area contributed by atoms with Crippen LogP contribution in [-0.4, -0.2) is 4.98 Å². The quantitative estimate of drug-likeness (QED) is 0.162. The molecule has 0 spiro atoms. The summed E-state index contributed by atoms with van der Waals surface area (Å²) < 4.78 is 13.1. The number of hydrogen-bond donors (Lipinski definition) is 0. The average Bonchev–Trinajstić information content (AvgIpc) is 3.87. The molecule has 2 aromatic heterocycles. The summed E-state index contributed by atoms with van der Waals surface area (Å²) >= 11 is 0. The average molecular weight is 705 g/mol. The molecule has 0 N–H and O–H groups in total. The van der Waals surface area contributed by atoms with Gasteiger partial charge in [0.25, 0.3) is 0 Å². The van der Waals surface area contributed by atoms with Gasteiger partial charge in [0.05, 0.1) is 0 Å². The minimum atomic E-state index is 0.622. The van der Waals surface area contributed by atoms with Crippen molar-refractivity contribution in [3.63, 3.8) is 0 Å². The smallest absolute Gasteiger partial charge is 0.227 e. The molecule has 0 amide bonds. The lowest BCUT2D eigenvalue weighted by Crippen LogP contribution is -2.09. The van der Waals surface area contributed by atoms with Crippen LogP contribution in [0.2, 0.25) is 0 Å². The molecule has 11 aromatic rings. The summed E-state index contributed by atoms with van der Waals surface area (Å²) in [5.74, 6) is 0.622. The number of anilines is 3. The lowest BCUT2D eigenvalue weighted by atomic mass is 9.95. The van der Waals surface area contributed by atoms with Crippen molar-refractivity contribution in [2.75, 3.05) is 4.90 Å². The summed E-state index contributed by atoms with van der Waals surface area (Å²) in [4.78, 5) is 7.21. The number of oxazole rings is 1. The molecule has 4 heteroatoms. The first-order valence-corrected chi connectivity index (χ1v) is 18.5. The summed E-state index contributed by atoms with van der Waals surface area (Å²) in [5.41, 5.74) is 12.0. The van der Waals surface area contributed by atoms with Crippen LogP contribution in [0.3, 0.4) is 0 Å². The topological polar surface area (TPSA) is 42.4 Å². The predicted molar refractivity (Wildman–Crippen MR) is 227 cm³/mol. The van der Waals surface area contributed by atoms with Crippen molar-refractivity contribution in [2.24, 2.45) is 0 Å². The van der Waals surface area contributed by atoms with E-state index < -0.39 is 0 Å². The molecule has 0 unspecified atom stereocenters. The number of para-hydroxylation sites is 2. The maximum absolute atomic E-state index is 6.56. The van der Waals surface area contributed by atoms with Gasteiger partial charge in [-0.15, -0.1) is 0 Å². The van der Waals surface area contributed by atoms with Crippen LogP contribution in [0, 0.1) is 0 Å². The van der Waals surface area contributed by atoms with E-state index in [0.29, 0.717) is 5.89 Å². The molecule has 0 saturated carbocycles. The maximum atomic E-state index is 6.56. The highest BCUT2D eigenvalue weighted by molar-refractivity contribution is 6.19. The Hall–Kier alpha value is -7.43. The Balaban J connectivity index is 1.07. The molecule has 258 valence electrons. The Morgan fingerprint density at radius 3 is 1.82 bits per heavy atom. The Bertz CT molecular complexity index is 3180. The Morgan fingerprint density at radius 2 is 1.02 bits per heavy atom. The third-order valence-corrected chi connectivity index (χ3v) is 10.7. The molecule has 4 nitrogen and oxygen atoms in total. The van der Waals surface area contributed by atoms with Gasteiger partial charge in [0, 0.05) is 44.3 Å². The zero-order chi connectivity index (χ0) is 36.3. The van der Waals surface area contributed by atoms with Crippen molar-refractivity contribution >= 4 is 71.6 Å². The molecule has 55 heavy (non-hydrogen) atoms. The van der Waals surface area contributed by atoms with Gasteiger partial charge in [0.2, 0.25) is 5.89 Å². The van der Waals surface area contributed by atoms with Crippen LogP contribution in [0.4, 0.5) is 17.1 Å². The van der Waals surface area contributed by atoms with Gasteiger partial charge in [-0.05, 0) is 106 Å². The molecule has 9 aromatic carbocycles. The third kappa shape index (κ3) is 5.26. The van der Waals surface area contributed by atoms with Crippen molar-refractivity contribution in [3.8, 4) is 33.7 Å². The lowest BCUT2D eigenvalue weighted by Gasteiger charge is -2.26. The van der Waals surface area contributed by atoms with Crippen LogP contribution in [0.1, 0.15) is 0 Å². The number of furan rings is 1. The maximum Gasteiger partial charge on any atom is 0.227 e. The SMILES string of the molecule is c1ccc(-c2cc(-c3ccc(N(c4ccccc4)c4ccc5ccc6ccc7nc(-c8ccccc8)oc7c6c5c4)cc3)c3oc4ccccc4c3c2)cc1. The molecule has 0 aliphatic carbocycles. The van der Waals surface area contributed by atoms with Crippen molar-refractivity contribution in [1.82, 2.24) is 4.98 Å². The van der Waals surface area contributed by atoms with E-state index >= 15 is 0 Å². The van der Waals surface area contributed by atoms with Crippen LogP contribution in [-0.2, 0) is 0 Å². The minimum absolute atomic E-state index is 0.622. The van der Waals surface area contributed by atoms with Crippen LogP contribution in [0.5, 0.6) is 0 Å². The Morgan fingerprint density at radius 1 is 0.382 bits per heavy atom. The molecule has 0 aliphatic rings. The second-order valence-electron chi connectivity index (χ2n) is 14.0. The number of nitrogens with zero attached hydrogens (tertiary/aromatic N) is 2. The molecular weight excluding hydrogens is 673 g/mol. The molecule has 0 aliphatic heterocycles. The molecule has 0 radical (unpaired) electrons. The first-order chi connectivity index (χ1) is 27.2. The third-order valence-electron chi connectivity index (χ3n) is 10.7. The van der Waals surface area contributed by atoms with Gasteiger partial charge in [0.1, 0.15) is 16.7 Å². The summed E-state index contributed by atoms with van der Waals surface area (Å²) in [6.07, 6.45) is 0.